The summed E-state index contributed by atoms with van der Waals surface area (Å²) in [4.78, 5) is 22.2. The Labute approximate surface area is 83.5 Å². The molecule has 1 unspecified atom stereocenters. The molecule has 0 amide bonds. The van der Waals surface area contributed by atoms with Gasteiger partial charge in [-0.25, -0.2) is 0 Å². The molecule has 0 saturated carbocycles. The van der Waals surface area contributed by atoms with E-state index in [1.807, 2.05) is 0 Å². The second kappa shape index (κ2) is 5.07. The largest absolute Gasteiger partial charge is 0.480 e. The minimum Gasteiger partial charge on any atom is -0.480 e. The highest BCUT2D eigenvalue weighted by Gasteiger charge is 2.34. The van der Waals surface area contributed by atoms with Crippen molar-refractivity contribution in [2.75, 3.05) is 0 Å². The van der Waals surface area contributed by atoms with Crippen LogP contribution in [0.4, 0.5) is 0 Å². The van der Waals surface area contributed by atoms with Gasteiger partial charge in [-0.1, -0.05) is 13.8 Å². The molecule has 0 aliphatic carbocycles. The molecular formula is C9H18N2O3. The van der Waals surface area contributed by atoms with Crippen LogP contribution in [0.5, 0.6) is 0 Å². The van der Waals surface area contributed by atoms with Crippen molar-refractivity contribution in [3.05, 3.63) is 0 Å². The van der Waals surface area contributed by atoms with Crippen LogP contribution in [-0.2, 0) is 9.59 Å². The molecule has 0 spiro atoms. The molecule has 14 heavy (non-hydrogen) atoms. The van der Waals surface area contributed by atoms with Crippen LogP contribution in [0.15, 0.2) is 0 Å². The second-order valence-electron chi connectivity index (χ2n) is 3.82. The van der Waals surface area contributed by atoms with Gasteiger partial charge in [0.2, 0.25) is 0 Å². The Balaban J connectivity index is 4.77. The molecule has 0 aliphatic heterocycles. The van der Waals surface area contributed by atoms with Crippen molar-refractivity contribution in [1.29, 1.82) is 0 Å². The molecule has 0 radical (unpaired) electrons. The first-order chi connectivity index (χ1) is 6.29. The summed E-state index contributed by atoms with van der Waals surface area (Å²) in [6.45, 7) is 5.05. The highest BCUT2D eigenvalue weighted by Crippen LogP contribution is 2.17. The van der Waals surface area contributed by atoms with Crippen LogP contribution < -0.4 is 11.5 Å². The highest BCUT2D eigenvalue weighted by atomic mass is 16.4. The number of hydrogen-bond acceptors (Lipinski definition) is 4. The van der Waals surface area contributed by atoms with E-state index in [-0.39, 0.29) is 11.7 Å². The van der Waals surface area contributed by atoms with Gasteiger partial charge in [0, 0.05) is 5.92 Å². The van der Waals surface area contributed by atoms with E-state index in [2.05, 4.69) is 0 Å². The Morgan fingerprint density at radius 1 is 1.14 bits per heavy atom. The number of carbonyl (C=O) groups excluding carboxylic acids is 1. The number of aliphatic carboxylic acids is 1. The van der Waals surface area contributed by atoms with Crippen molar-refractivity contribution in [2.24, 2.45) is 23.3 Å². The Morgan fingerprint density at radius 2 is 1.57 bits per heavy atom. The van der Waals surface area contributed by atoms with Crippen LogP contribution in [-0.4, -0.2) is 28.9 Å². The Morgan fingerprint density at radius 3 is 1.79 bits per heavy atom. The summed E-state index contributed by atoms with van der Waals surface area (Å²) >= 11 is 0. The van der Waals surface area contributed by atoms with Crippen molar-refractivity contribution in [1.82, 2.24) is 0 Å². The minimum absolute atomic E-state index is 0.125. The molecule has 0 aromatic heterocycles. The summed E-state index contributed by atoms with van der Waals surface area (Å²) in [5, 5.41) is 8.71. The van der Waals surface area contributed by atoms with Crippen LogP contribution in [0, 0.1) is 11.8 Å². The first-order valence-corrected chi connectivity index (χ1v) is 4.56. The van der Waals surface area contributed by atoms with Gasteiger partial charge in [0.1, 0.15) is 6.04 Å². The lowest BCUT2D eigenvalue weighted by Gasteiger charge is -2.24. The fraction of sp³-hybridized carbons (Fsp3) is 0.778. The zero-order valence-electron chi connectivity index (χ0n) is 8.73. The Bertz CT molecular complexity index is 226. The van der Waals surface area contributed by atoms with E-state index in [4.69, 9.17) is 16.6 Å². The van der Waals surface area contributed by atoms with Crippen molar-refractivity contribution in [3.8, 4) is 0 Å². The molecule has 0 saturated heterocycles. The average molecular weight is 202 g/mol. The maximum absolute atomic E-state index is 11.6. The average Bonchev–Trinajstić information content (AvgIpc) is 2.03. The molecule has 5 N–H and O–H groups in total. The summed E-state index contributed by atoms with van der Waals surface area (Å²) < 4.78 is 0. The summed E-state index contributed by atoms with van der Waals surface area (Å²) in [5.74, 6) is -2.31. The van der Waals surface area contributed by atoms with Gasteiger partial charge >= 0.3 is 5.97 Å². The maximum atomic E-state index is 11.6. The molecule has 5 heteroatoms. The van der Waals surface area contributed by atoms with E-state index in [0.717, 1.165) is 0 Å². The first-order valence-electron chi connectivity index (χ1n) is 4.56. The zero-order chi connectivity index (χ0) is 11.5. The third-order valence-corrected chi connectivity index (χ3v) is 2.17. The molecule has 3 atom stereocenters. The van der Waals surface area contributed by atoms with Gasteiger partial charge in [0.25, 0.3) is 0 Å². The topological polar surface area (TPSA) is 106 Å². The van der Waals surface area contributed by atoms with Crippen LogP contribution in [0.2, 0.25) is 0 Å². The fourth-order valence-electron chi connectivity index (χ4n) is 1.38. The van der Waals surface area contributed by atoms with E-state index < -0.39 is 24.0 Å². The molecule has 0 aliphatic rings. The van der Waals surface area contributed by atoms with Gasteiger partial charge in [-0.3, -0.25) is 9.59 Å². The number of carboxylic acid groups (broad SMARTS) is 1. The van der Waals surface area contributed by atoms with Gasteiger partial charge in [0.05, 0.1) is 6.04 Å². The molecule has 82 valence electrons. The molecule has 0 rings (SSSR count). The van der Waals surface area contributed by atoms with Gasteiger partial charge in [0.15, 0.2) is 5.78 Å². The van der Waals surface area contributed by atoms with Crippen LogP contribution >= 0.6 is 0 Å². The van der Waals surface area contributed by atoms with Crippen LogP contribution in [0.1, 0.15) is 20.8 Å². The van der Waals surface area contributed by atoms with Crippen molar-refractivity contribution >= 4 is 11.8 Å². The maximum Gasteiger partial charge on any atom is 0.321 e. The van der Waals surface area contributed by atoms with E-state index in [0.29, 0.717) is 0 Å². The van der Waals surface area contributed by atoms with Gasteiger partial charge in [-0.15, -0.1) is 0 Å². The molecular weight excluding hydrogens is 184 g/mol. The number of carboxylic acids is 1. The lowest BCUT2D eigenvalue weighted by molar-refractivity contribution is -0.143. The van der Waals surface area contributed by atoms with E-state index in [1.54, 1.807) is 13.8 Å². The third kappa shape index (κ3) is 3.08. The lowest BCUT2D eigenvalue weighted by Crippen LogP contribution is -2.48. The van der Waals surface area contributed by atoms with E-state index in [1.165, 1.54) is 6.92 Å². The van der Waals surface area contributed by atoms with Gasteiger partial charge in [-0.2, -0.15) is 0 Å². The van der Waals surface area contributed by atoms with E-state index in [9.17, 15) is 9.59 Å². The first kappa shape index (κ1) is 13.1. The van der Waals surface area contributed by atoms with Crippen molar-refractivity contribution < 1.29 is 14.7 Å². The smallest absolute Gasteiger partial charge is 0.321 e. The number of carbonyl (C=O) groups is 2. The number of rotatable bonds is 5. The number of hydrogen-bond donors (Lipinski definition) is 3. The summed E-state index contributed by atoms with van der Waals surface area (Å²) in [7, 11) is 0. The standard InChI is InChI=1S/C9H18N2O3/c1-4(2)6(7(11)9(13)14)8(12)5(3)10/h4-7H,10-11H2,1-3H3,(H,13,14)/t5-,6?,7-/m0/s1. The predicted molar refractivity (Wildman–Crippen MR) is 52.6 cm³/mol. The fourth-order valence-corrected chi connectivity index (χ4v) is 1.38. The van der Waals surface area contributed by atoms with Crippen LogP contribution in [0.3, 0.4) is 0 Å². The molecule has 0 fully saturated rings. The Kier molecular flexibility index (Phi) is 4.73. The molecule has 5 nitrogen and oxygen atoms in total. The zero-order valence-corrected chi connectivity index (χ0v) is 8.73. The quantitative estimate of drug-likeness (QED) is 0.561. The van der Waals surface area contributed by atoms with Gasteiger partial charge in [-0.05, 0) is 12.8 Å². The molecule has 0 bridgehead atoms. The monoisotopic (exact) mass is 202 g/mol. The third-order valence-electron chi connectivity index (χ3n) is 2.17. The normalized spacial score (nSPS) is 17.6. The van der Waals surface area contributed by atoms with Crippen molar-refractivity contribution in [2.45, 2.75) is 32.9 Å². The van der Waals surface area contributed by atoms with Crippen molar-refractivity contribution in [3.63, 3.8) is 0 Å². The highest BCUT2D eigenvalue weighted by molar-refractivity contribution is 5.91. The van der Waals surface area contributed by atoms with Gasteiger partial charge < -0.3 is 16.6 Å². The summed E-state index contributed by atoms with van der Waals surface area (Å²) in [5.41, 5.74) is 10.8. The minimum atomic E-state index is -1.17. The number of ketones is 1. The Hall–Kier alpha value is -0.940. The van der Waals surface area contributed by atoms with E-state index >= 15 is 0 Å². The SMILES string of the molecule is CC(C)C(C(=O)[C@H](C)N)[C@H](N)C(=O)O. The molecule has 0 aromatic rings. The summed E-state index contributed by atoms with van der Waals surface area (Å²) in [6.07, 6.45) is 0. The second-order valence-corrected chi connectivity index (χ2v) is 3.82. The predicted octanol–water partition coefficient (Wildman–Crippen LogP) is -0.413. The molecule has 0 heterocycles. The lowest BCUT2D eigenvalue weighted by atomic mass is 9.83. The molecule has 0 aromatic carbocycles. The van der Waals surface area contributed by atoms with Crippen LogP contribution in [0.25, 0.3) is 0 Å². The number of nitrogens with two attached hydrogens (primary N) is 2. The number of Topliss-reactive ketones (excluding diaryl/α,β-unsaturated/α-hetero) is 1. The summed E-state index contributed by atoms with van der Waals surface area (Å²) in [6, 6.07) is -1.85.